The highest BCUT2D eigenvalue weighted by atomic mass is 35.5. The van der Waals surface area contributed by atoms with Crippen LogP contribution >= 0.6 is 22.9 Å². The number of fused-ring (bicyclic) bond motifs is 1. The molecule has 7 heteroatoms. The summed E-state index contributed by atoms with van der Waals surface area (Å²) in [6, 6.07) is 14.7. The Bertz CT molecular complexity index is 1410. The molecule has 170 valence electrons. The number of rotatable bonds is 5. The normalized spacial score (nSPS) is 16.1. The van der Waals surface area contributed by atoms with Gasteiger partial charge in [0.2, 0.25) is 0 Å². The van der Waals surface area contributed by atoms with Crippen LogP contribution in [0.1, 0.15) is 56.3 Å². The van der Waals surface area contributed by atoms with E-state index in [1.54, 1.807) is 24.5 Å². The molecule has 0 aliphatic carbocycles. The molecule has 2 heterocycles. The van der Waals surface area contributed by atoms with Gasteiger partial charge in [0.25, 0.3) is 5.56 Å². The number of aromatic nitrogens is 1. The molecule has 5 nitrogen and oxygen atoms in total. The molecule has 1 aliphatic rings. The van der Waals surface area contributed by atoms with Gasteiger partial charge in [-0.15, -0.1) is 0 Å². The molecule has 0 amide bonds. The second-order valence-electron chi connectivity index (χ2n) is 8.15. The first-order valence-corrected chi connectivity index (χ1v) is 12.0. The van der Waals surface area contributed by atoms with Crippen LogP contribution in [0.5, 0.6) is 0 Å². The maximum atomic E-state index is 13.6. The van der Waals surface area contributed by atoms with Crippen molar-refractivity contribution in [3.8, 4) is 0 Å². The maximum absolute atomic E-state index is 13.6. The third kappa shape index (κ3) is 4.45. The monoisotopic (exact) mass is 480 g/mol. The summed E-state index contributed by atoms with van der Waals surface area (Å²) in [4.78, 5) is 31.6. The largest absolute Gasteiger partial charge is 0.463 e. The Morgan fingerprint density at radius 2 is 1.91 bits per heavy atom. The summed E-state index contributed by atoms with van der Waals surface area (Å²) in [6.07, 6.45) is 1.86. The molecule has 0 spiro atoms. The van der Waals surface area contributed by atoms with Crippen LogP contribution in [0.4, 0.5) is 0 Å². The Balaban J connectivity index is 1.92. The summed E-state index contributed by atoms with van der Waals surface area (Å²) >= 11 is 7.82. The lowest BCUT2D eigenvalue weighted by Gasteiger charge is -2.25. The van der Waals surface area contributed by atoms with Gasteiger partial charge in [0, 0.05) is 5.02 Å². The number of hydrogen-bond acceptors (Lipinski definition) is 5. The van der Waals surface area contributed by atoms with Crippen molar-refractivity contribution in [3.63, 3.8) is 0 Å². The SMILES string of the molecule is CCOC(=O)C1=C(C)N=c2sc(=Cc3ccc(C(C)C)cc3)c(=O)n2C1c1ccccc1Cl. The number of thiazole rings is 1. The highest BCUT2D eigenvalue weighted by Crippen LogP contribution is 2.34. The summed E-state index contributed by atoms with van der Waals surface area (Å²) < 4.78 is 7.41. The van der Waals surface area contributed by atoms with E-state index in [0.717, 1.165) is 5.56 Å². The number of halogens is 1. The Kier molecular flexibility index (Phi) is 6.68. The van der Waals surface area contributed by atoms with Crippen LogP contribution in [0.25, 0.3) is 6.08 Å². The van der Waals surface area contributed by atoms with Crippen molar-refractivity contribution in [1.29, 1.82) is 0 Å². The fraction of sp³-hybridized carbons (Fsp3) is 0.269. The van der Waals surface area contributed by atoms with Gasteiger partial charge in [-0.1, -0.05) is 79.2 Å². The van der Waals surface area contributed by atoms with Crippen molar-refractivity contribution < 1.29 is 9.53 Å². The predicted molar refractivity (Wildman–Crippen MR) is 132 cm³/mol. The van der Waals surface area contributed by atoms with Gasteiger partial charge >= 0.3 is 5.97 Å². The van der Waals surface area contributed by atoms with E-state index in [2.05, 4.69) is 31.0 Å². The molecule has 1 unspecified atom stereocenters. The van der Waals surface area contributed by atoms with Crippen molar-refractivity contribution in [2.75, 3.05) is 6.61 Å². The lowest BCUT2D eigenvalue weighted by molar-refractivity contribution is -0.139. The number of allylic oxidation sites excluding steroid dienone is 1. The van der Waals surface area contributed by atoms with Crippen molar-refractivity contribution in [2.24, 2.45) is 4.99 Å². The second kappa shape index (κ2) is 9.49. The summed E-state index contributed by atoms with van der Waals surface area (Å²) in [5, 5.41) is 0.470. The van der Waals surface area contributed by atoms with E-state index in [-0.39, 0.29) is 12.2 Å². The third-order valence-electron chi connectivity index (χ3n) is 5.62. The molecule has 0 bridgehead atoms. The molecular formula is C26H25ClN2O3S. The van der Waals surface area contributed by atoms with Crippen molar-refractivity contribution in [1.82, 2.24) is 4.57 Å². The van der Waals surface area contributed by atoms with E-state index in [0.29, 0.717) is 37.1 Å². The molecule has 33 heavy (non-hydrogen) atoms. The van der Waals surface area contributed by atoms with Gasteiger partial charge in [-0.25, -0.2) is 9.79 Å². The quantitative estimate of drug-likeness (QED) is 0.502. The zero-order chi connectivity index (χ0) is 23.7. The minimum absolute atomic E-state index is 0.217. The van der Waals surface area contributed by atoms with Gasteiger partial charge < -0.3 is 4.74 Å². The summed E-state index contributed by atoms with van der Waals surface area (Å²) in [5.74, 6) is -0.0634. The molecule has 0 saturated carbocycles. The van der Waals surface area contributed by atoms with Gasteiger partial charge in [0.05, 0.1) is 22.4 Å². The Morgan fingerprint density at radius 1 is 1.21 bits per heavy atom. The molecule has 1 aliphatic heterocycles. The van der Waals surface area contributed by atoms with E-state index >= 15 is 0 Å². The summed E-state index contributed by atoms with van der Waals surface area (Å²) in [6.45, 7) is 8.02. The van der Waals surface area contributed by atoms with E-state index in [1.807, 2.05) is 36.4 Å². The highest BCUT2D eigenvalue weighted by Gasteiger charge is 2.34. The Labute approximate surface area is 201 Å². The van der Waals surface area contributed by atoms with Crippen LogP contribution in [0.2, 0.25) is 5.02 Å². The highest BCUT2D eigenvalue weighted by molar-refractivity contribution is 7.07. The van der Waals surface area contributed by atoms with Gasteiger partial charge in [0.15, 0.2) is 4.80 Å². The molecule has 0 N–H and O–H groups in total. The van der Waals surface area contributed by atoms with Crippen molar-refractivity contribution in [3.05, 3.63) is 101 Å². The minimum Gasteiger partial charge on any atom is -0.463 e. The van der Waals surface area contributed by atoms with Crippen LogP contribution in [0, 0.1) is 0 Å². The summed E-state index contributed by atoms with van der Waals surface area (Å²) in [5.41, 5.74) is 3.45. The second-order valence-corrected chi connectivity index (χ2v) is 9.56. The number of benzene rings is 2. The maximum Gasteiger partial charge on any atom is 0.338 e. The molecule has 0 fully saturated rings. The molecule has 1 aromatic heterocycles. The molecule has 0 radical (unpaired) electrons. The fourth-order valence-corrected chi connectivity index (χ4v) is 5.20. The third-order valence-corrected chi connectivity index (χ3v) is 6.94. The van der Waals surface area contributed by atoms with Crippen LogP contribution in [-0.4, -0.2) is 17.1 Å². The van der Waals surface area contributed by atoms with Crippen LogP contribution < -0.4 is 14.9 Å². The van der Waals surface area contributed by atoms with Crippen molar-refractivity contribution in [2.45, 2.75) is 39.7 Å². The lowest BCUT2D eigenvalue weighted by Crippen LogP contribution is -2.40. The van der Waals surface area contributed by atoms with E-state index in [1.165, 1.54) is 16.9 Å². The number of nitrogens with zero attached hydrogens (tertiary/aromatic N) is 2. The number of carbonyl (C=O) groups is 1. The van der Waals surface area contributed by atoms with Crippen LogP contribution in [-0.2, 0) is 9.53 Å². The van der Waals surface area contributed by atoms with Gasteiger partial charge in [-0.05, 0) is 48.6 Å². The molecular weight excluding hydrogens is 456 g/mol. The first-order valence-electron chi connectivity index (χ1n) is 10.9. The average Bonchev–Trinajstić information content (AvgIpc) is 3.08. The zero-order valence-corrected chi connectivity index (χ0v) is 20.5. The molecule has 4 rings (SSSR count). The Hall–Kier alpha value is -2.96. The molecule has 0 saturated heterocycles. The zero-order valence-electron chi connectivity index (χ0n) is 19.0. The fourth-order valence-electron chi connectivity index (χ4n) is 3.91. The van der Waals surface area contributed by atoms with E-state index in [4.69, 9.17) is 16.3 Å². The number of carbonyl (C=O) groups excluding carboxylic acids is 1. The van der Waals surface area contributed by atoms with Crippen molar-refractivity contribution >= 4 is 35.0 Å². The molecule has 2 aromatic carbocycles. The van der Waals surface area contributed by atoms with Crippen LogP contribution in [0.3, 0.4) is 0 Å². The number of hydrogen-bond donors (Lipinski definition) is 0. The lowest BCUT2D eigenvalue weighted by atomic mass is 9.96. The first-order chi connectivity index (χ1) is 15.8. The smallest absolute Gasteiger partial charge is 0.338 e. The topological polar surface area (TPSA) is 60.7 Å². The van der Waals surface area contributed by atoms with Gasteiger partial charge in [-0.2, -0.15) is 0 Å². The molecule has 1 atom stereocenters. The average molecular weight is 481 g/mol. The van der Waals surface area contributed by atoms with Crippen LogP contribution in [0.15, 0.2) is 69.6 Å². The van der Waals surface area contributed by atoms with E-state index < -0.39 is 12.0 Å². The predicted octanol–water partition coefficient (Wildman–Crippen LogP) is 4.58. The number of esters is 1. The number of ether oxygens (including phenoxy) is 1. The standard InChI is InChI=1S/C26H25ClN2O3S/c1-5-32-25(31)22-16(4)28-26-29(23(22)19-8-6-7-9-20(19)27)24(30)21(33-26)14-17-10-12-18(13-11-17)15(2)3/h6-15,23H,5H2,1-4H3. The van der Waals surface area contributed by atoms with E-state index in [9.17, 15) is 9.59 Å². The Morgan fingerprint density at radius 3 is 2.55 bits per heavy atom. The minimum atomic E-state index is -0.709. The van der Waals surface area contributed by atoms with Gasteiger partial charge in [0.1, 0.15) is 6.04 Å². The molecule has 3 aromatic rings. The summed E-state index contributed by atoms with van der Waals surface area (Å²) in [7, 11) is 0. The first kappa shape index (κ1) is 23.2. The van der Waals surface area contributed by atoms with Gasteiger partial charge in [-0.3, -0.25) is 9.36 Å².